The number of nitrogens with zero attached hydrogens (tertiary/aromatic N) is 2. The highest BCUT2D eigenvalue weighted by Gasteiger charge is 2.49. The molecule has 2 aliphatic heterocycles. The number of carbonyl (C=O) groups is 1. The summed E-state index contributed by atoms with van der Waals surface area (Å²) >= 11 is 0. The predicted molar refractivity (Wildman–Crippen MR) is 48.6 cm³/mol. The van der Waals surface area contributed by atoms with Crippen LogP contribution in [0.5, 0.6) is 0 Å². The molecule has 2 unspecified atom stereocenters. The molecule has 2 atom stereocenters. The van der Waals surface area contributed by atoms with E-state index in [0.29, 0.717) is 6.54 Å². The molecule has 2 saturated heterocycles. The first kappa shape index (κ1) is 8.36. The van der Waals surface area contributed by atoms with Crippen LogP contribution in [-0.2, 0) is 4.79 Å². The van der Waals surface area contributed by atoms with Gasteiger partial charge < -0.3 is 10.2 Å². The largest absolute Gasteiger partial charge is 0.353 e. The van der Waals surface area contributed by atoms with Gasteiger partial charge in [0.1, 0.15) is 0 Å². The van der Waals surface area contributed by atoms with Crippen molar-refractivity contribution in [2.45, 2.75) is 25.8 Å². The summed E-state index contributed by atoms with van der Waals surface area (Å²) in [4.78, 5) is 13.3. The molecule has 0 bridgehead atoms. The summed E-state index contributed by atoms with van der Waals surface area (Å²) in [7, 11) is 0. The van der Waals surface area contributed by atoms with Gasteiger partial charge in [-0.1, -0.05) is 0 Å². The lowest BCUT2D eigenvalue weighted by molar-refractivity contribution is -0.127. The highest BCUT2D eigenvalue weighted by atomic mass is 16.2. The molecule has 1 spiro atoms. The first-order valence-corrected chi connectivity index (χ1v) is 4.62. The number of amides is 1. The lowest BCUT2D eigenvalue weighted by Crippen LogP contribution is -2.33. The quantitative estimate of drug-likeness (QED) is 0.547. The Balaban J connectivity index is 0.000000980. The summed E-state index contributed by atoms with van der Waals surface area (Å²) < 4.78 is 0. The highest BCUT2D eigenvalue weighted by molar-refractivity contribution is 5.85. The molecule has 2 aliphatic rings. The first-order chi connectivity index (χ1) is 6.16. The Morgan fingerprint density at radius 2 is 2.62 bits per heavy atom. The average molecular weight is 181 g/mol. The van der Waals surface area contributed by atoms with Crippen LogP contribution in [0.2, 0.25) is 0 Å². The van der Waals surface area contributed by atoms with Crippen molar-refractivity contribution in [2.75, 3.05) is 13.1 Å². The van der Waals surface area contributed by atoms with Crippen LogP contribution >= 0.6 is 0 Å². The van der Waals surface area contributed by atoms with Crippen LogP contribution in [0.3, 0.4) is 0 Å². The summed E-state index contributed by atoms with van der Waals surface area (Å²) in [6.07, 6.45) is 3.81. The third kappa shape index (κ3) is 1.15. The van der Waals surface area contributed by atoms with Gasteiger partial charge in [0.25, 0.3) is 0 Å². The molecule has 2 fully saturated rings. The van der Waals surface area contributed by atoms with Crippen LogP contribution in [0.4, 0.5) is 0 Å². The smallest absolute Gasteiger partial charge is 0.228 e. The third-order valence-electron chi connectivity index (χ3n) is 3.05. The van der Waals surface area contributed by atoms with E-state index in [4.69, 9.17) is 5.26 Å². The predicted octanol–water partition coefficient (Wildman–Crippen LogP) is 0.314. The third-order valence-corrected chi connectivity index (χ3v) is 3.05. The fourth-order valence-electron chi connectivity index (χ4n) is 2.42. The van der Waals surface area contributed by atoms with Gasteiger partial charge >= 0.3 is 0 Å². The summed E-state index contributed by atoms with van der Waals surface area (Å²) in [5, 5.41) is 11.6. The number of carbonyl (C=O) groups excluding carboxylic acids is 1. The van der Waals surface area contributed by atoms with Gasteiger partial charge in [0.15, 0.2) is 6.19 Å². The summed E-state index contributed by atoms with van der Waals surface area (Å²) in [6, 6.07) is 0.270. The first-order valence-electron chi connectivity index (χ1n) is 4.62. The molecule has 0 saturated carbocycles. The minimum Gasteiger partial charge on any atom is -0.353 e. The van der Waals surface area contributed by atoms with E-state index in [9.17, 15) is 4.79 Å². The van der Waals surface area contributed by atoms with Gasteiger partial charge in [0, 0.05) is 20.6 Å². The minimum atomic E-state index is -0.255. The van der Waals surface area contributed by atoms with E-state index in [-0.39, 0.29) is 18.8 Å². The Labute approximate surface area is 79.0 Å². The zero-order valence-electron chi connectivity index (χ0n) is 7.71. The molecule has 0 radical (unpaired) electrons. The van der Waals surface area contributed by atoms with Crippen LogP contribution < -0.4 is 5.32 Å². The van der Waals surface area contributed by atoms with Gasteiger partial charge in [0.05, 0.1) is 5.41 Å². The number of nitriles is 1. The van der Waals surface area contributed by atoms with Crippen molar-refractivity contribution in [2.24, 2.45) is 5.41 Å². The highest BCUT2D eigenvalue weighted by Crippen LogP contribution is 2.38. The standard InChI is InChI=1S/C9H13N3O.H2/c1-7-4-9(8(13)11-7)2-3-12(5-9)6-10;/h7H,2-5H2,1H3,(H,11,13);1H. The van der Waals surface area contributed by atoms with E-state index in [2.05, 4.69) is 11.5 Å². The van der Waals surface area contributed by atoms with Crippen molar-refractivity contribution >= 4 is 5.91 Å². The van der Waals surface area contributed by atoms with Crippen molar-refractivity contribution in [3.05, 3.63) is 0 Å². The van der Waals surface area contributed by atoms with Gasteiger partial charge in [-0.3, -0.25) is 4.79 Å². The van der Waals surface area contributed by atoms with E-state index < -0.39 is 0 Å². The van der Waals surface area contributed by atoms with Gasteiger partial charge in [-0.15, -0.1) is 0 Å². The number of rotatable bonds is 0. The number of likely N-dealkylation sites (tertiary alicyclic amines) is 1. The second-order valence-electron chi connectivity index (χ2n) is 4.13. The molecule has 4 nitrogen and oxygen atoms in total. The van der Waals surface area contributed by atoms with Crippen molar-refractivity contribution in [3.63, 3.8) is 0 Å². The summed E-state index contributed by atoms with van der Waals surface area (Å²) in [6.45, 7) is 3.36. The van der Waals surface area contributed by atoms with Crippen molar-refractivity contribution < 1.29 is 6.22 Å². The topological polar surface area (TPSA) is 56.1 Å². The lowest BCUT2D eigenvalue weighted by Gasteiger charge is -2.17. The van der Waals surface area contributed by atoms with Crippen LogP contribution in [0.15, 0.2) is 0 Å². The van der Waals surface area contributed by atoms with E-state index in [1.54, 1.807) is 4.90 Å². The molecule has 2 rings (SSSR count). The summed E-state index contributed by atoms with van der Waals surface area (Å²) in [5.41, 5.74) is -0.255. The molecule has 0 aromatic carbocycles. The molecule has 1 N–H and O–H groups in total. The molecule has 72 valence electrons. The monoisotopic (exact) mass is 181 g/mol. The van der Waals surface area contributed by atoms with Gasteiger partial charge in [-0.05, 0) is 19.8 Å². The fraction of sp³-hybridized carbons (Fsp3) is 0.778. The van der Waals surface area contributed by atoms with Crippen molar-refractivity contribution in [1.29, 1.82) is 5.26 Å². The maximum atomic E-state index is 11.6. The molecule has 1 amide bonds. The minimum absolute atomic E-state index is 0. The van der Waals surface area contributed by atoms with E-state index >= 15 is 0 Å². The average Bonchev–Trinajstić information content (AvgIpc) is 2.59. The number of hydrogen-bond donors (Lipinski definition) is 1. The van der Waals surface area contributed by atoms with E-state index in [1.807, 2.05) is 6.92 Å². The van der Waals surface area contributed by atoms with Crippen LogP contribution in [-0.4, -0.2) is 29.9 Å². The Hall–Kier alpha value is -1.24. The Kier molecular flexibility index (Phi) is 1.69. The van der Waals surface area contributed by atoms with Crippen LogP contribution in [0.25, 0.3) is 0 Å². The molecule has 0 aromatic rings. The maximum absolute atomic E-state index is 11.6. The van der Waals surface area contributed by atoms with Gasteiger partial charge in [-0.25, -0.2) is 0 Å². The fourth-order valence-corrected chi connectivity index (χ4v) is 2.42. The Bertz CT molecular complexity index is 288. The molecule has 0 aliphatic carbocycles. The van der Waals surface area contributed by atoms with Crippen molar-refractivity contribution in [1.82, 2.24) is 10.2 Å². The number of hydrogen-bond acceptors (Lipinski definition) is 3. The normalized spacial score (nSPS) is 38.0. The zero-order valence-corrected chi connectivity index (χ0v) is 7.71. The van der Waals surface area contributed by atoms with E-state index in [1.165, 1.54) is 0 Å². The zero-order chi connectivity index (χ0) is 9.47. The molecular formula is C9H15N3O. The SMILES string of the molecule is CC1CC2(CCN(C#N)C2)C(=O)N1.[HH]. The molecule has 13 heavy (non-hydrogen) atoms. The van der Waals surface area contributed by atoms with Crippen LogP contribution in [0, 0.1) is 16.9 Å². The second-order valence-corrected chi connectivity index (χ2v) is 4.13. The van der Waals surface area contributed by atoms with Gasteiger partial charge in [0.2, 0.25) is 5.91 Å². The van der Waals surface area contributed by atoms with Gasteiger partial charge in [-0.2, -0.15) is 5.26 Å². The molecule has 0 aromatic heterocycles. The lowest BCUT2D eigenvalue weighted by atomic mass is 9.84. The van der Waals surface area contributed by atoms with Crippen LogP contribution in [0.1, 0.15) is 21.2 Å². The summed E-state index contributed by atoms with van der Waals surface area (Å²) in [5.74, 6) is 0.137. The maximum Gasteiger partial charge on any atom is 0.228 e. The molecule has 2 heterocycles. The number of nitrogens with one attached hydrogen (secondary N) is 1. The Morgan fingerprint density at radius 1 is 1.85 bits per heavy atom. The van der Waals surface area contributed by atoms with E-state index in [0.717, 1.165) is 19.4 Å². The second kappa shape index (κ2) is 2.63. The molecular weight excluding hydrogens is 166 g/mol. The molecule has 4 heteroatoms. The Morgan fingerprint density at radius 3 is 3.08 bits per heavy atom. The van der Waals surface area contributed by atoms with Crippen molar-refractivity contribution in [3.8, 4) is 6.19 Å².